The van der Waals surface area contributed by atoms with E-state index in [2.05, 4.69) is 0 Å². The number of benzene rings is 1. The Morgan fingerprint density at radius 3 is 2.72 bits per heavy atom. The lowest BCUT2D eigenvalue weighted by Gasteiger charge is -2.13. The van der Waals surface area contributed by atoms with E-state index in [1.165, 1.54) is 31.4 Å². The molecule has 1 fully saturated rings. The average Bonchev–Trinajstić information content (AvgIpc) is 3.14. The molecule has 0 saturated carbocycles. The van der Waals surface area contributed by atoms with Crippen molar-refractivity contribution >= 4 is 40.6 Å². The predicted octanol–water partition coefficient (Wildman–Crippen LogP) is 3.58. The molecule has 3 rings (SSSR count). The zero-order valence-corrected chi connectivity index (χ0v) is 13.4. The van der Waals surface area contributed by atoms with Crippen LogP contribution in [-0.2, 0) is 4.79 Å². The number of ether oxygens (including phenoxy) is 1. The summed E-state index contributed by atoms with van der Waals surface area (Å²) in [6.45, 7) is 0. The van der Waals surface area contributed by atoms with Crippen LogP contribution in [0.1, 0.15) is 5.76 Å². The van der Waals surface area contributed by atoms with Crippen LogP contribution in [-0.4, -0.2) is 23.2 Å². The smallest absolute Gasteiger partial charge is 0.433 e. The molecular weight excluding hydrogens is 355 g/mol. The molecule has 2 heterocycles. The number of thioether (sulfide) groups is 1. The third-order valence-corrected chi connectivity index (χ3v) is 4.12. The Labute approximate surface area is 144 Å². The summed E-state index contributed by atoms with van der Waals surface area (Å²) in [6, 6.07) is 6.03. The second-order valence-corrected chi connectivity index (χ2v) is 5.76. The van der Waals surface area contributed by atoms with Crippen molar-refractivity contribution < 1.29 is 28.1 Å². The lowest BCUT2D eigenvalue weighted by molar-refractivity contribution is -0.402. The van der Waals surface area contributed by atoms with E-state index in [4.69, 9.17) is 9.15 Å². The largest absolute Gasteiger partial charge is 0.494 e. The summed E-state index contributed by atoms with van der Waals surface area (Å²) in [7, 11) is 1.26. The molecule has 0 N–H and O–H groups in total. The van der Waals surface area contributed by atoms with Crippen molar-refractivity contribution in [2.45, 2.75) is 0 Å². The number of amides is 2. The minimum absolute atomic E-state index is 0.0255. The van der Waals surface area contributed by atoms with Crippen LogP contribution in [0.25, 0.3) is 6.08 Å². The Morgan fingerprint density at radius 1 is 1.32 bits per heavy atom. The van der Waals surface area contributed by atoms with Gasteiger partial charge in [0.15, 0.2) is 11.6 Å². The van der Waals surface area contributed by atoms with Crippen molar-refractivity contribution in [3.63, 3.8) is 0 Å². The van der Waals surface area contributed by atoms with Crippen LogP contribution >= 0.6 is 11.8 Å². The van der Waals surface area contributed by atoms with Crippen LogP contribution in [0, 0.1) is 15.9 Å². The van der Waals surface area contributed by atoms with E-state index in [1.807, 2.05) is 0 Å². The molecule has 0 spiro atoms. The first-order chi connectivity index (χ1) is 11.9. The average molecular weight is 364 g/mol. The Balaban J connectivity index is 1.92. The maximum atomic E-state index is 13.5. The zero-order chi connectivity index (χ0) is 18.1. The van der Waals surface area contributed by atoms with Gasteiger partial charge in [0.2, 0.25) is 0 Å². The molecular formula is C15H9FN2O6S. The molecule has 10 heteroatoms. The number of imide groups is 1. The Morgan fingerprint density at radius 2 is 2.08 bits per heavy atom. The number of methoxy groups -OCH3 is 1. The first kappa shape index (κ1) is 16.7. The van der Waals surface area contributed by atoms with Gasteiger partial charge in [0.05, 0.1) is 23.8 Å². The van der Waals surface area contributed by atoms with Gasteiger partial charge in [-0.3, -0.25) is 19.7 Å². The van der Waals surface area contributed by atoms with Gasteiger partial charge in [0.1, 0.15) is 10.7 Å². The number of hydrogen-bond donors (Lipinski definition) is 0. The van der Waals surface area contributed by atoms with Crippen molar-refractivity contribution in [1.82, 2.24) is 0 Å². The molecule has 0 radical (unpaired) electrons. The Bertz CT molecular complexity index is 922. The normalized spacial score (nSPS) is 15.9. The zero-order valence-electron chi connectivity index (χ0n) is 12.6. The summed E-state index contributed by atoms with van der Waals surface area (Å²) in [5.74, 6) is -1.80. The SMILES string of the molecule is COc1cc(N2C(=O)S/C(=C\c3ccc([N+](=O)[O-])o3)C2=O)ccc1F. The lowest BCUT2D eigenvalue weighted by Crippen LogP contribution is -2.27. The second kappa shape index (κ2) is 6.40. The Hall–Kier alpha value is -3.14. The summed E-state index contributed by atoms with van der Waals surface area (Å²) < 4.78 is 23.3. The molecule has 0 unspecified atom stereocenters. The summed E-state index contributed by atoms with van der Waals surface area (Å²) in [5.41, 5.74) is 0.148. The van der Waals surface area contributed by atoms with E-state index in [-0.39, 0.29) is 22.1 Å². The van der Waals surface area contributed by atoms with E-state index >= 15 is 0 Å². The summed E-state index contributed by atoms with van der Waals surface area (Å²) in [5, 5.41) is 10.0. The van der Waals surface area contributed by atoms with E-state index in [9.17, 15) is 24.1 Å². The van der Waals surface area contributed by atoms with E-state index in [0.29, 0.717) is 11.8 Å². The number of hydrogen-bond acceptors (Lipinski definition) is 7. The maximum absolute atomic E-state index is 13.5. The maximum Gasteiger partial charge on any atom is 0.433 e. The molecule has 1 saturated heterocycles. The minimum Gasteiger partial charge on any atom is -0.494 e. The predicted molar refractivity (Wildman–Crippen MR) is 86.8 cm³/mol. The second-order valence-electron chi connectivity index (χ2n) is 4.77. The van der Waals surface area contributed by atoms with Crippen molar-refractivity contribution in [1.29, 1.82) is 0 Å². The number of nitro groups is 1. The van der Waals surface area contributed by atoms with Crippen LogP contribution in [0.2, 0.25) is 0 Å². The van der Waals surface area contributed by atoms with Crippen molar-refractivity contribution in [2.75, 3.05) is 12.0 Å². The van der Waals surface area contributed by atoms with Gasteiger partial charge in [0.25, 0.3) is 11.1 Å². The standard InChI is InChI=1S/C15H9FN2O6S/c1-23-11-6-8(2-4-10(11)16)17-14(19)12(25-15(17)20)7-9-3-5-13(24-9)18(21)22/h2-7H,1H3/b12-7-. The highest BCUT2D eigenvalue weighted by Crippen LogP contribution is 2.37. The van der Waals surface area contributed by atoms with Crippen molar-refractivity contribution in [3.05, 3.63) is 56.9 Å². The number of carbonyl (C=O) groups is 2. The number of rotatable bonds is 4. The molecule has 8 nitrogen and oxygen atoms in total. The van der Waals surface area contributed by atoms with E-state index in [0.717, 1.165) is 17.0 Å². The van der Waals surface area contributed by atoms with Gasteiger partial charge in [-0.25, -0.2) is 9.29 Å². The summed E-state index contributed by atoms with van der Waals surface area (Å²) in [6.07, 6.45) is 1.23. The van der Waals surface area contributed by atoms with E-state index < -0.39 is 27.8 Å². The van der Waals surface area contributed by atoms with Gasteiger partial charge in [-0.15, -0.1) is 0 Å². The van der Waals surface area contributed by atoms with Gasteiger partial charge in [-0.05, 0) is 30.0 Å². The molecule has 0 atom stereocenters. The summed E-state index contributed by atoms with van der Waals surface area (Å²) >= 11 is 0.641. The van der Waals surface area contributed by atoms with Crippen LogP contribution in [0.5, 0.6) is 5.75 Å². The molecule has 2 amide bonds. The summed E-state index contributed by atoms with van der Waals surface area (Å²) in [4.78, 5) is 35.4. The molecule has 1 aromatic heterocycles. The fraction of sp³-hybridized carbons (Fsp3) is 0.0667. The van der Waals surface area contributed by atoms with Crippen LogP contribution in [0.3, 0.4) is 0 Å². The number of furan rings is 1. The monoisotopic (exact) mass is 364 g/mol. The van der Waals surface area contributed by atoms with Gasteiger partial charge >= 0.3 is 5.88 Å². The molecule has 0 bridgehead atoms. The van der Waals surface area contributed by atoms with Crippen LogP contribution in [0.15, 0.2) is 39.7 Å². The number of halogens is 1. The Kier molecular flexibility index (Phi) is 4.28. The first-order valence-electron chi connectivity index (χ1n) is 6.76. The molecule has 0 aliphatic carbocycles. The van der Waals surface area contributed by atoms with E-state index in [1.54, 1.807) is 0 Å². The number of anilines is 1. The molecule has 1 aromatic carbocycles. The number of nitrogens with zero attached hydrogens (tertiary/aromatic N) is 2. The first-order valence-corrected chi connectivity index (χ1v) is 7.58. The molecule has 1 aliphatic heterocycles. The van der Waals surface area contributed by atoms with Gasteiger partial charge in [-0.1, -0.05) is 0 Å². The molecule has 25 heavy (non-hydrogen) atoms. The quantitative estimate of drug-likeness (QED) is 0.464. The van der Waals surface area contributed by atoms with Crippen molar-refractivity contribution in [2.24, 2.45) is 0 Å². The highest BCUT2D eigenvalue weighted by atomic mass is 32.2. The molecule has 1 aliphatic rings. The van der Waals surface area contributed by atoms with Gasteiger partial charge < -0.3 is 9.15 Å². The van der Waals surface area contributed by atoms with Gasteiger partial charge in [-0.2, -0.15) is 0 Å². The molecule has 2 aromatic rings. The highest BCUT2D eigenvalue weighted by molar-refractivity contribution is 8.19. The van der Waals surface area contributed by atoms with Crippen molar-refractivity contribution in [3.8, 4) is 5.75 Å². The highest BCUT2D eigenvalue weighted by Gasteiger charge is 2.37. The fourth-order valence-corrected chi connectivity index (χ4v) is 2.95. The van der Waals surface area contributed by atoms with Crippen LogP contribution in [0.4, 0.5) is 20.8 Å². The minimum atomic E-state index is -0.714. The lowest BCUT2D eigenvalue weighted by atomic mass is 10.2. The molecule has 128 valence electrons. The van der Waals surface area contributed by atoms with Gasteiger partial charge in [0, 0.05) is 12.1 Å². The topological polar surface area (TPSA) is 103 Å². The third-order valence-electron chi connectivity index (χ3n) is 3.25. The van der Waals surface area contributed by atoms with Crippen LogP contribution < -0.4 is 9.64 Å². The number of carbonyl (C=O) groups excluding carboxylic acids is 2. The fourth-order valence-electron chi connectivity index (χ4n) is 2.13. The third kappa shape index (κ3) is 3.11.